The standard InChI is InChI=1S/C14H24N2O2/c1-3-4-5-9-16-13(18)15-12(17)14(16)8-6-7-11(2)10-14/h11H,3-10H2,1-2H3,(H,15,17,18). The average Bonchev–Trinajstić information content (AvgIpc) is 2.53. The maximum atomic E-state index is 12.2. The molecule has 1 heterocycles. The Morgan fingerprint density at radius 1 is 1.39 bits per heavy atom. The molecule has 2 fully saturated rings. The van der Waals surface area contributed by atoms with Gasteiger partial charge in [0.25, 0.3) is 5.91 Å². The third kappa shape index (κ3) is 2.25. The molecule has 1 saturated carbocycles. The molecule has 1 spiro atoms. The zero-order chi connectivity index (χ0) is 13.2. The number of rotatable bonds is 4. The van der Waals surface area contributed by atoms with Gasteiger partial charge in [0.05, 0.1) is 0 Å². The molecule has 1 saturated heterocycles. The summed E-state index contributed by atoms with van der Waals surface area (Å²) in [4.78, 5) is 25.9. The molecule has 1 N–H and O–H groups in total. The number of unbranched alkanes of at least 4 members (excludes halogenated alkanes) is 2. The zero-order valence-electron chi connectivity index (χ0n) is 11.5. The van der Waals surface area contributed by atoms with Crippen molar-refractivity contribution in [1.29, 1.82) is 0 Å². The normalized spacial score (nSPS) is 32.1. The van der Waals surface area contributed by atoms with Crippen molar-refractivity contribution in [3.8, 4) is 0 Å². The predicted molar refractivity (Wildman–Crippen MR) is 70.1 cm³/mol. The highest BCUT2D eigenvalue weighted by Crippen LogP contribution is 2.39. The van der Waals surface area contributed by atoms with E-state index >= 15 is 0 Å². The van der Waals surface area contributed by atoms with Crippen LogP contribution in [0.2, 0.25) is 0 Å². The Bertz CT molecular complexity index is 343. The number of nitrogens with zero attached hydrogens (tertiary/aromatic N) is 1. The highest BCUT2D eigenvalue weighted by Gasteiger charge is 2.53. The zero-order valence-corrected chi connectivity index (χ0v) is 11.5. The van der Waals surface area contributed by atoms with Crippen LogP contribution < -0.4 is 5.32 Å². The summed E-state index contributed by atoms with van der Waals surface area (Å²) in [5.74, 6) is 0.472. The first-order chi connectivity index (χ1) is 8.60. The van der Waals surface area contributed by atoms with Gasteiger partial charge < -0.3 is 4.90 Å². The van der Waals surface area contributed by atoms with E-state index in [0.717, 1.165) is 45.1 Å². The second-order valence-electron chi connectivity index (χ2n) is 5.85. The van der Waals surface area contributed by atoms with Gasteiger partial charge in [-0.05, 0) is 25.2 Å². The maximum Gasteiger partial charge on any atom is 0.325 e. The summed E-state index contributed by atoms with van der Waals surface area (Å²) in [6.45, 7) is 5.05. The maximum absolute atomic E-state index is 12.2. The van der Waals surface area contributed by atoms with E-state index in [2.05, 4.69) is 19.2 Å². The average molecular weight is 252 g/mol. The third-order valence-corrected chi connectivity index (χ3v) is 4.36. The molecule has 2 rings (SSSR count). The van der Waals surface area contributed by atoms with Crippen molar-refractivity contribution in [2.45, 2.75) is 64.3 Å². The van der Waals surface area contributed by atoms with Crippen molar-refractivity contribution < 1.29 is 9.59 Å². The lowest BCUT2D eigenvalue weighted by molar-refractivity contribution is -0.129. The predicted octanol–water partition coefficient (Wildman–Crippen LogP) is 2.68. The molecule has 4 nitrogen and oxygen atoms in total. The van der Waals surface area contributed by atoms with Crippen molar-refractivity contribution in [2.24, 2.45) is 5.92 Å². The van der Waals surface area contributed by atoms with Crippen molar-refractivity contribution in [1.82, 2.24) is 10.2 Å². The molecule has 3 amide bonds. The first kappa shape index (κ1) is 13.4. The molecule has 2 atom stereocenters. The van der Waals surface area contributed by atoms with E-state index in [1.165, 1.54) is 6.42 Å². The molecule has 1 aliphatic carbocycles. The Morgan fingerprint density at radius 3 is 2.83 bits per heavy atom. The van der Waals surface area contributed by atoms with Crippen LogP contribution in [-0.2, 0) is 4.79 Å². The van der Waals surface area contributed by atoms with Crippen molar-refractivity contribution in [3.05, 3.63) is 0 Å². The molecule has 1 aliphatic heterocycles. The van der Waals surface area contributed by atoms with Crippen LogP contribution in [0.25, 0.3) is 0 Å². The molecule has 0 bridgehead atoms. The number of amides is 3. The van der Waals surface area contributed by atoms with Crippen LogP contribution in [0, 0.1) is 5.92 Å². The minimum atomic E-state index is -0.525. The molecule has 102 valence electrons. The Labute approximate surface area is 109 Å². The lowest BCUT2D eigenvalue weighted by Crippen LogP contribution is -2.52. The molecule has 0 radical (unpaired) electrons. The molecule has 0 aromatic heterocycles. The molecule has 2 unspecified atom stereocenters. The number of carbonyl (C=O) groups is 2. The number of hydrogen-bond donors (Lipinski definition) is 1. The summed E-state index contributed by atoms with van der Waals surface area (Å²) >= 11 is 0. The molecule has 4 heteroatoms. The summed E-state index contributed by atoms with van der Waals surface area (Å²) < 4.78 is 0. The lowest BCUT2D eigenvalue weighted by atomic mass is 9.75. The van der Waals surface area contributed by atoms with Gasteiger partial charge in [0.2, 0.25) is 0 Å². The summed E-state index contributed by atoms with van der Waals surface area (Å²) in [6.07, 6.45) is 7.12. The van der Waals surface area contributed by atoms with E-state index in [1.54, 1.807) is 0 Å². The van der Waals surface area contributed by atoms with E-state index in [1.807, 2.05) is 4.90 Å². The Hall–Kier alpha value is -1.06. The lowest BCUT2D eigenvalue weighted by Gasteiger charge is -2.40. The van der Waals surface area contributed by atoms with Crippen LogP contribution in [0.3, 0.4) is 0 Å². The van der Waals surface area contributed by atoms with Crippen LogP contribution in [0.15, 0.2) is 0 Å². The Balaban J connectivity index is 2.13. The van der Waals surface area contributed by atoms with E-state index < -0.39 is 5.54 Å². The van der Waals surface area contributed by atoms with Crippen molar-refractivity contribution in [3.63, 3.8) is 0 Å². The van der Waals surface area contributed by atoms with Crippen LogP contribution in [0.4, 0.5) is 4.79 Å². The monoisotopic (exact) mass is 252 g/mol. The van der Waals surface area contributed by atoms with Gasteiger partial charge in [-0.1, -0.05) is 39.5 Å². The second kappa shape index (κ2) is 5.29. The summed E-state index contributed by atoms with van der Waals surface area (Å²) in [5, 5.41) is 2.52. The molecular formula is C14H24N2O2. The first-order valence-corrected chi connectivity index (χ1v) is 7.23. The summed E-state index contributed by atoms with van der Waals surface area (Å²) in [5.41, 5.74) is -0.525. The van der Waals surface area contributed by atoms with Crippen LogP contribution in [0.1, 0.15) is 58.8 Å². The van der Waals surface area contributed by atoms with Gasteiger partial charge >= 0.3 is 6.03 Å². The Morgan fingerprint density at radius 2 is 2.17 bits per heavy atom. The third-order valence-electron chi connectivity index (χ3n) is 4.36. The fourth-order valence-corrected chi connectivity index (χ4v) is 3.41. The SMILES string of the molecule is CCCCCN1C(=O)NC(=O)C12CCCC(C)C2. The number of carbonyl (C=O) groups excluding carboxylic acids is 2. The van der Waals surface area contributed by atoms with Gasteiger partial charge in [0, 0.05) is 6.54 Å². The molecule has 2 aliphatic rings. The highest BCUT2D eigenvalue weighted by atomic mass is 16.2. The van der Waals surface area contributed by atoms with E-state index in [0.29, 0.717) is 5.92 Å². The minimum absolute atomic E-state index is 0.0597. The van der Waals surface area contributed by atoms with E-state index in [9.17, 15) is 9.59 Å². The summed E-state index contributed by atoms with van der Waals surface area (Å²) in [6, 6.07) is -0.176. The smallest absolute Gasteiger partial charge is 0.310 e. The van der Waals surface area contributed by atoms with Gasteiger partial charge in [0.15, 0.2) is 0 Å². The van der Waals surface area contributed by atoms with Crippen molar-refractivity contribution in [2.75, 3.05) is 6.54 Å². The molecule has 0 aromatic carbocycles. The van der Waals surface area contributed by atoms with Gasteiger partial charge in [0.1, 0.15) is 5.54 Å². The van der Waals surface area contributed by atoms with Crippen LogP contribution in [0.5, 0.6) is 0 Å². The quantitative estimate of drug-likeness (QED) is 0.617. The number of imide groups is 1. The number of urea groups is 1. The molecule has 0 aromatic rings. The first-order valence-electron chi connectivity index (χ1n) is 7.23. The molecule has 18 heavy (non-hydrogen) atoms. The van der Waals surface area contributed by atoms with Crippen LogP contribution >= 0.6 is 0 Å². The fourth-order valence-electron chi connectivity index (χ4n) is 3.41. The minimum Gasteiger partial charge on any atom is -0.310 e. The van der Waals surface area contributed by atoms with Gasteiger partial charge in [-0.15, -0.1) is 0 Å². The fraction of sp³-hybridized carbons (Fsp3) is 0.857. The van der Waals surface area contributed by atoms with Crippen LogP contribution in [-0.4, -0.2) is 28.9 Å². The number of hydrogen-bond acceptors (Lipinski definition) is 2. The van der Waals surface area contributed by atoms with E-state index in [-0.39, 0.29) is 11.9 Å². The Kier molecular flexibility index (Phi) is 3.93. The summed E-state index contributed by atoms with van der Waals surface area (Å²) in [7, 11) is 0. The van der Waals surface area contributed by atoms with Gasteiger partial charge in [-0.25, -0.2) is 4.79 Å². The largest absolute Gasteiger partial charge is 0.325 e. The topological polar surface area (TPSA) is 49.4 Å². The number of nitrogens with one attached hydrogen (secondary N) is 1. The van der Waals surface area contributed by atoms with Gasteiger partial charge in [-0.2, -0.15) is 0 Å². The van der Waals surface area contributed by atoms with E-state index in [4.69, 9.17) is 0 Å². The second-order valence-corrected chi connectivity index (χ2v) is 5.85. The van der Waals surface area contributed by atoms with Gasteiger partial charge in [-0.3, -0.25) is 10.1 Å². The molecular weight excluding hydrogens is 228 g/mol. The van der Waals surface area contributed by atoms with Crippen molar-refractivity contribution >= 4 is 11.9 Å². The highest BCUT2D eigenvalue weighted by molar-refractivity contribution is 6.07.